The lowest BCUT2D eigenvalue weighted by Gasteiger charge is -2.25. The molecule has 0 aromatic carbocycles. The molecule has 7 nitrogen and oxygen atoms in total. The van der Waals surface area contributed by atoms with Crippen LogP contribution < -0.4 is 5.32 Å². The van der Waals surface area contributed by atoms with Crippen molar-refractivity contribution in [1.29, 1.82) is 0 Å². The molecule has 18 heavy (non-hydrogen) atoms. The van der Waals surface area contributed by atoms with Crippen LogP contribution in [0, 0.1) is 0 Å². The van der Waals surface area contributed by atoms with Crippen molar-refractivity contribution in [2.24, 2.45) is 0 Å². The van der Waals surface area contributed by atoms with Gasteiger partial charge in [-0.2, -0.15) is 8.42 Å². The third-order valence-electron chi connectivity index (χ3n) is 2.21. The summed E-state index contributed by atoms with van der Waals surface area (Å²) in [6.45, 7) is 5.04. The van der Waals surface area contributed by atoms with E-state index in [0.29, 0.717) is 12.8 Å². The van der Waals surface area contributed by atoms with Crippen molar-refractivity contribution in [3.63, 3.8) is 0 Å². The Kier molecular flexibility index (Phi) is 3.94. The van der Waals surface area contributed by atoms with Crippen molar-refractivity contribution in [3.8, 4) is 0 Å². The summed E-state index contributed by atoms with van der Waals surface area (Å²) in [6.07, 6.45) is -0.623. The minimum atomic E-state index is -3.69. The Morgan fingerprint density at radius 3 is 2.22 bits per heavy atom. The summed E-state index contributed by atoms with van der Waals surface area (Å²) < 4.78 is 31.8. The van der Waals surface area contributed by atoms with Gasteiger partial charge in [-0.15, -0.1) is 0 Å². The van der Waals surface area contributed by atoms with E-state index in [1.807, 2.05) is 0 Å². The number of ether oxygens (including phenoxy) is 1. The van der Waals surface area contributed by atoms with Gasteiger partial charge in [0.2, 0.25) is 0 Å². The van der Waals surface area contributed by atoms with Crippen molar-refractivity contribution in [3.05, 3.63) is 0 Å². The van der Waals surface area contributed by atoms with Crippen LogP contribution in [0.3, 0.4) is 0 Å². The Morgan fingerprint density at radius 2 is 1.89 bits per heavy atom. The van der Waals surface area contributed by atoms with Gasteiger partial charge in [-0.05, 0) is 33.6 Å². The quantitative estimate of drug-likeness (QED) is 0.569. The van der Waals surface area contributed by atoms with Gasteiger partial charge in [0.15, 0.2) is 6.23 Å². The molecule has 1 aliphatic carbocycles. The number of aliphatic hydroxyl groups is 1. The largest absolute Gasteiger partial charge is 0.444 e. The molecule has 1 atom stereocenters. The first kappa shape index (κ1) is 15.2. The van der Waals surface area contributed by atoms with Gasteiger partial charge in [0.1, 0.15) is 11.2 Å². The molecular formula is C10H19NO6S. The smallest absolute Gasteiger partial charge is 0.409 e. The summed E-state index contributed by atoms with van der Waals surface area (Å²) in [5.41, 5.74) is -1.94. The fourth-order valence-electron chi connectivity index (χ4n) is 1.38. The topological polar surface area (TPSA) is 102 Å². The molecule has 0 bridgehead atoms. The Morgan fingerprint density at radius 1 is 1.39 bits per heavy atom. The fraction of sp³-hybridized carbons (Fsp3) is 0.900. The number of amides is 1. The normalized spacial score (nSPS) is 20.1. The molecule has 1 fully saturated rings. The van der Waals surface area contributed by atoms with Crippen LogP contribution in [0.15, 0.2) is 0 Å². The first-order valence-electron chi connectivity index (χ1n) is 5.52. The predicted molar refractivity (Wildman–Crippen MR) is 63.3 cm³/mol. The van der Waals surface area contributed by atoms with Gasteiger partial charge in [0, 0.05) is 0 Å². The molecule has 0 spiro atoms. The van der Waals surface area contributed by atoms with E-state index < -0.39 is 33.6 Å². The second-order valence-electron chi connectivity index (χ2n) is 5.40. The van der Waals surface area contributed by atoms with E-state index in [2.05, 4.69) is 5.32 Å². The number of hydrogen-bond acceptors (Lipinski definition) is 6. The van der Waals surface area contributed by atoms with Crippen LogP contribution in [-0.4, -0.2) is 43.3 Å². The molecule has 106 valence electrons. The van der Waals surface area contributed by atoms with Crippen molar-refractivity contribution in [1.82, 2.24) is 5.32 Å². The monoisotopic (exact) mass is 281 g/mol. The van der Waals surface area contributed by atoms with Gasteiger partial charge in [-0.25, -0.2) is 4.79 Å². The van der Waals surface area contributed by atoms with Crippen LogP contribution in [0.1, 0.15) is 33.6 Å². The van der Waals surface area contributed by atoms with Crippen LogP contribution in [0.25, 0.3) is 0 Å². The lowest BCUT2D eigenvalue weighted by molar-refractivity contribution is -0.0136. The molecule has 0 aromatic heterocycles. The summed E-state index contributed by atoms with van der Waals surface area (Å²) in [6, 6.07) is 0. The van der Waals surface area contributed by atoms with Gasteiger partial charge in [-0.3, -0.25) is 9.50 Å². The molecule has 1 saturated carbocycles. The maximum absolute atomic E-state index is 11.4. The molecule has 1 unspecified atom stereocenters. The molecule has 1 rings (SSSR count). The van der Waals surface area contributed by atoms with Crippen molar-refractivity contribution >= 4 is 16.2 Å². The van der Waals surface area contributed by atoms with Gasteiger partial charge >= 0.3 is 6.09 Å². The molecule has 0 heterocycles. The average molecular weight is 281 g/mol. The van der Waals surface area contributed by atoms with E-state index in [4.69, 9.17) is 8.92 Å². The second-order valence-corrected chi connectivity index (χ2v) is 6.98. The van der Waals surface area contributed by atoms with Gasteiger partial charge < -0.3 is 9.84 Å². The Balaban J connectivity index is 2.56. The molecule has 0 saturated heterocycles. The zero-order valence-electron chi connectivity index (χ0n) is 10.9. The number of carbonyl (C=O) groups is 1. The van der Waals surface area contributed by atoms with E-state index in [9.17, 15) is 18.3 Å². The van der Waals surface area contributed by atoms with Crippen LogP contribution >= 0.6 is 0 Å². The zero-order chi connectivity index (χ0) is 14.2. The molecule has 0 radical (unpaired) electrons. The minimum Gasteiger partial charge on any atom is -0.444 e. The Hall–Kier alpha value is -0.860. The van der Waals surface area contributed by atoms with Crippen LogP contribution in [-0.2, 0) is 19.0 Å². The molecular weight excluding hydrogens is 262 g/mol. The van der Waals surface area contributed by atoms with Crippen molar-refractivity contribution in [2.75, 3.05) is 6.26 Å². The molecule has 2 N–H and O–H groups in total. The predicted octanol–water partition coefficient (Wildman–Crippen LogP) is 0.338. The van der Waals surface area contributed by atoms with Gasteiger partial charge in [0.25, 0.3) is 10.1 Å². The zero-order valence-corrected chi connectivity index (χ0v) is 11.7. The van der Waals surface area contributed by atoms with E-state index in [1.54, 1.807) is 20.8 Å². The molecule has 8 heteroatoms. The van der Waals surface area contributed by atoms with Crippen molar-refractivity contribution < 1.29 is 27.2 Å². The average Bonchev–Trinajstić information content (AvgIpc) is 2.78. The van der Waals surface area contributed by atoms with E-state index in [0.717, 1.165) is 6.26 Å². The number of aliphatic hydroxyl groups excluding tert-OH is 1. The number of nitrogens with one attached hydrogen (secondary N) is 1. The fourth-order valence-corrected chi connectivity index (χ4v) is 2.24. The van der Waals surface area contributed by atoms with E-state index >= 15 is 0 Å². The van der Waals surface area contributed by atoms with Crippen LogP contribution in [0.5, 0.6) is 0 Å². The van der Waals surface area contributed by atoms with Crippen molar-refractivity contribution in [2.45, 2.75) is 51.0 Å². The van der Waals surface area contributed by atoms with Crippen LogP contribution in [0.2, 0.25) is 0 Å². The number of hydrogen-bond donors (Lipinski definition) is 2. The number of carbonyl (C=O) groups excluding carboxylic acids is 1. The third-order valence-corrected chi connectivity index (χ3v) is 2.85. The van der Waals surface area contributed by atoms with Crippen LogP contribution in [0.4, 0.5) is 4.79 Å². The Labute approximate surface area is 107 Å². The van der Waals surface area contributed by atoms with E-state index in [1.165, 1.54) is 0 Å². The SMILES string of the molecule is CC(C)(C)OC(=O)NC(O)C1(OS(C)(=O)=O)CC1. The first-order valence-corrected chi connectivity index (χ1v) is 7.33. The number of rotatable bonds is 4. The highest BCUT2D eigenvalue weighted by molar-refractivity contribution is 7.86. The summed E-state index contributed by atoms with van der Waals surface area (Å²) in [5, 5.41) is 11.9. The maximum atomic E-state index is 11.4. The maximum Gasteiger partial charge on any atom is 0.409 e. The third kappa shape index (κ3) is 4.79. The highest BCUT2D eigenvalue weighted by atomic mass is 32.2. The molecule has 1 aliphatic rings. The lowest BCUT2D eigenvalue weighted by Crippen LogP contribution is -2.48. The first-order chi connectivity index (χ1) is 7.94. The summed E-state index contributed by atoms with van der Waals surface area (Å²) in [5.74, 6) is 0. The van der Waals surface area contributed by atoms with Gasteiger partial charge in [-0.1, -0.05) is 0 Å². The molecule has 0 aromatic rings. The Bertz CT molecular complexity index is 420. The summed E-state index contributed by atoms with van der Waals surface area (Å²) in [7, 11) is -3.69. The highest BCUT2D eigenvalue weighted by Gasteiger charge is 2.54. The summed E-state index contributed by atoms with van der Waals surface area (Å²) >= 11 is 0. The number of alkyl carbamates (subject to hydrolysis) is 1. The minimum absolute atomic E-state index is 0.358. The summed E-state index contributed by atoms with van der Waals surface area (Å²) in [4.78, 5) is 11.4. The lowest BCUT2D eigenvalue weighted by atomic mass is 10.2. The standard InChI is InChI=1S/C10H19NO6S/c1-9(2,3)16-8(13)11-7(12)10(5-6-10)17-18(4,14)15/h7,12H,5-6H2,1-4H3,(H,11,13). The second kappa shape index (κ2) is 4.67. The van der Waals surface area contributed by atoms with E-state index in [-0.39, 0.29) is 0 Å². The molecule has 0 aliphatic heterocycles. The van der Waals surface area contributed by atoms with Gasteiger partial charge in [0.05, 0.1) is 6.26 Å². The highest BCUT2D eigenvalue weighted by Crippen LogP contribution is 2.43. The molecule has 1 amide bonds.